The van der Waals surface area contributed by atoms with Gasteiger partial charge in [0.05, 0.1) is 6.04 Å². The first-order valence-corrected chi connectivity index (χ1v) is 16.1. The lowest BCUT2D eigenvalue weighted by Crippen LogP contribution is -2.50. The highest BCUT2D eigenvalue weighted by Crippen LogP contribution is 2.30. The Morgan fingerprint density at radius 1 is 0.978 bits per heavy atom. The van der Waals surface area contributed by atoms with Gasteiger partial charge in [0.2, 0.25) is 11.9 Å². The van der Waals surface area contributed by atoms with Gasteiger partial charge in [-0.05, 0) is 113 Å². The molecule has 1 aliphatic rings. The van der Waals surface area contributed by atoms with Crippen LogP contribution in [0.5, 0.6) is 0 Å². The van der Waals surface area contributed by atoms with Gasteiger partial charge in [-0.2, -0.15) is 0 Å². The Bertz CT molecular complexity index is 1460. The van der Waals surface area contributed by atoms with Gasteiger partial charge in [-0.25, -0.2) is 14.8 Å². The van der Waals surface area contributed by atoms with Gasteiger partial charge in [0.25, 0.3) is 0 Å². The molecule has 0 unspecified atom stereocenters. The molecule has 1 heterocycles. The summed E-state index contributed by atoms with van der Waals surface area (Å²) in [4.78, 5) is 36.5. The van der Waals surface area contributed by atoms with E-state index in [9.17, 15) is 14.7 Å². The Kier molecular flexibility index (Phi) is 11.8. The second-order valence-electron chi connectivity index (χ2n) is 13.7. The Balaban J connectivity index is 1.43. The average Bonchev–Trinajstić information content (AvgIpc) is 3.01. The summed E-state index contributed by atoms with van der Waals surface area (Å²) in [5, 5.41) is 20.6. The van der Waals surface area contributed by atoms with Crippen LogP contribution < -0.4 is 20.9 Å². The number of nitrogens with one attached hydrogen (secondary N) is 3. The molecule has 4 N–H and O–H groups in total. The summed E-state index contributed by atoms with van der Waals surface area (Å²) in [6.45, 7) is 10.1. The topological polar surface area (TPSA) is 129 Å². The largest absolute Gasteiger partial charge is 0.444 e. The number of nitrogens with zero attached hydrogens (tertiary/aromatic N) is 3. The van der Waals surface area contributed by atoms with E-state index in [4.69, 9.17) is 4.74 Å². The van der Waals surface area contributed by atoms with E-state index in [0.29, 0.717) is 24.8 Å². The zero-order valence-electron chi connectivity index (χ0n) is 28.3. The van der Waals surface area contributed by atoms with Crippen LogP contribution in [0.3, 0.4) is 0 Å². The summed E-state index contributed by atoms with van der Waals surface area (Å²) in [6, 6.07) is 13.2. The monoisotopic (exact) mass is 630 g/mol. The van der Waals surface area contributed by atoms with Crippen molar-refractivity contribution in [2.75, 3.05) is 30.9 Å². The molecule has 1 saturated carbocycles. The molecule has 10 heteroatoms. The fraction of sp³-hybridized carbons (Fsp3) is 0.500. The molecule has 46 heavy (non-hydrogen) atoms. The minimum Gasteiger partial charge on any atom is -0.444 e. The van der Waals surface area contributed by atoms with Crippen LogP contribution in [0.25, 0.3) is 11.1 Å². The van der Waals surface area contributed by atoms with E-state index in [0.717, 1.165) is 59.2 Å². The first-order valence-electron chi connectivity index (χ1n) is 16.1. The highest BCUT2D eigenvalue weighted by atomic mass is 16.6. The number of carbonyl (C=O) groups excluding carboxylic acids is 2. The Hall–Kier alpha value is -4.02. The third-order valence-electron chi connectivity index (χ3n) is 8.47. The normalized spacial score (nSPS) is 17.9. The van der Waals surface area contributed by atoms with Crippen LogP contribution in [0.4, 0.5) is 16.4 Å². The lowest BCUT2D eigenvalue weighted by atomic mass is 9.81. The lowest BCUT2D eigenvalue weighted by molar-refractivity contribution is -0.119. The van der Waals surface area contributed by atoms with Crippen LogP contribution in [0.1, 0.15) is 63.1 Å². The second kappa shape index (κ2) is 15.5. The number of ether oxygens (including phenoxy) is 1. The molecule has 0 spiro atoms. The summed E-state index contributed by atoms with van der Waals surface area (Å²) >= 11 is 0. The Morgan fingerprint density at radius 3 is 2.30 bits per heavy atom. The van der Waals surface area contributed by atoms with Gasteiger partial charge < -0.3 is 25.4 Å². The number of amides is 2. The maximum Gasteiger partial charge on any atom is 0.407 e. The summed E-state index contributed by atoms with van der Waals surface area (Å²) in [7, 11) is 3.80. The molecule has 248 valence electrons. The maximum absolute atomic E-state index is 13.7. The highest BCUT2D eigenvalue weighted by molar-refractivity contribution is 5.95. The molecule has 2 aromatic carbocycles. The number of anilines is 2. The number of aromatic nitrogens is 2. The van der Waals surface area contributed by atoms with Crippen molar-refractivity contribution in [1.29, 1.82) is 0 Å². The first kappa shape index (κ1) is 34.8. The van der Waals surface area contributed by atoms with Crippen LogP contribution in [0.15, 0.2) is 54.9 Å². The van der Waals surface area contributed by atoms with Gasteiger partial charge in [-0.3, -0.25) is 10.1 Å². The molecule has 1 aromatic heterocycles. The zero-order chi connectivity index (χ0) is 33.4. The first-order chi connectivity index (χ1) is 21.8. The zero-order valence-corrected chi connectivity index (χ0v) is 28.3. The van der Waals surface area contributed by atoms with Crippen molar-refractivity contribution in [2.24, 2.45) is 11.8 Å². The molecule has 0 aliphatic heterocycles. The van der Waals surface area contributed by atoms with Crippen molar-refractivity contribution in [1.82, 2.24) is 20.6 Å². The average molecular weight is 631 g/mol. The van der Waals surface area contributed by atoms with Crippen LogP contribution in [0.2, 0.25) is 0 Å². The van der Waals surface area contributed by atoms with Gasteiger partial charge in [0.1, 0.15) is 11.8 Å². The van der Waals surface area contributed by atoms with Crippen LogP contribution in [0, 0.1) is 25.7 Å². The van der Waals surface area contributed by atoms with E-state index in [2.05, 4.69) is 25.9 Å². The van der Waals surface area contributed by atoms with Gasteiger partial charge in [0.15, 0.2) is 0 Å². The van der Waals surface area contributed by atoms with Crippen molar-refractivity contribution < 1.29 is 19.4 Å². The van der Waals surface area contributed by atoms with Crippen LogP contribution in [-0.2, 0) is 16.0 Å². The molecule has 1 fully saturated rings. The predicted molar refractivity (Wildman–Crippen MR) is 183 cm³/mol. The van der Waals surface area contributed by atoms with Crippen molar-refractivity contribution >= 4 is 23.6 Å². The van der Waals surface area contributed by atoms with Crippen molar-refractivity contribution in [3.8, 4) is 11.1 Å². The minimum atomic E-state index is -0.856. The fourth-order valence-electron chi connectivity index (χ4n) is 5.68. The quantitative estimate of drug-likeness (QED) is 0.201. The molecule has 4 rings (SSSR count). The Labute approximate surface area is 273 Å². The number of benzene rings is 2. The molecule has 2 atom stereocenters. The van der Waals surface area contributed by atoms with E-state index in [1.54, 1.807) is 12.4 Å². The van der Waals surface area contributed by atoms with Crippen molar-refractivity contribution in [3.63, 3.8) is 0 Å². The van der Waals surface area contributed by atoms with E-state index in [1.165, 1.54) is 0 Å². The standard InChI is InChI=1S/C36H50N6O4/c1-23-11-16-30(17-24(23)2)40-33(44)31(19-26-9-8-10-28(18-26)29-21-37-34(38-22-29)42(6)7)41-32(43)27-14-12-25(13-15-27)20-39-35(45)46-36(3,4)5/h8-11,16-18,21-22,25,27,31-32,41,43H,12-15,19-20H2,1-7H3,(H,39,45)(H,40,44)/t25?,27?,31-,32+/m0/s1. The highest BCUT2D eigenvalue weighted by Gasteiger charge is 2.30. The molecule has 0 saturated heterocycles. The molecule has 3 aromatic rings. The molecule has 1 aliphatic carbocycles. The number of aliphatic hydroxyl groups is 1. The Morgan fingerprint density at radius 2 is 1.67 bits per heavy atom. The number of hydrogen-bond donors (Lipinski definition) is 4. The molecular formula is C36H50N6O4. The maximum atomic E-state index is 13.7. The smallest absolute Gasteiger partial charge is 0.407 e. The number of aliphatic hydroxyl groups excluding tert-OH is 1. The van der Waals surface area contributed by atoms with Gasteiger partial charge in [0, 0.05) is 44.3 Å². The summed E-state index contributed by atoms with van der Waals surface area (Å²) in [5.41, 5.74) is 5.22. The third-order valence-corrected chi connectivity index (χ3v) is 8.47. The summed E-state index contributed by atoms with van der Waals surface area (Å²) < 4.78 is 5.36. The van der Waals surface area contributed by atoms with E-state index in [-0.39, 0.29) is 11.8 Å². The number of hydrogen-bond acceptors (Lipinski definition) is 8. The van der Waals surface area contributed by atoms with Crippen LogP contribution >= 0.6 is 0 Å². The molecule has 0 radical (unpaired) electrons. The number of rotatable bonds is 11. The third kappa shape index (κ3) is 10.3. The molecule has 10 nitrogen and oxygen atoms in total. The number of carbonyl (C=O) groups is 2. The van der Waals surface area contributed by atoms with Crippen LogP contribution in [-0.4, -0.2) is 65.6 Å². The number of aryl methyl sites for hydroxylation is 2. The predicted octanol–water partition coefficient (Wildman–Crippen LogP) is 5.62. The second-order valence-corrected chi connectivity index (χ2v) is 13.7. The fourth-order valence-corrected chi connectivity index (χ4v) is 5.68. The lowest BCUT2D eigenvalue weighted by Gasteiger charge is -2.33. The van der Waals surface area contributed by atoms with E-state index >= 15 is 0 Å². The summed E-state index contributed by atoms with van der Waals surface area (Å²) in [6.07, 6.45) is 6.04. The van der Waals surface area contributed by atoms with E-state index < -0.39 is 24.0 Å². The van der Waals surface area contributed by atoms with Gasteiger partial charge >= 0.3 is 6.09 Å². The van der Waals surface area contributed by atoms with Crippen molar-refractivity contribution in [3.05, 3.63) is 71.5 Å². The molecule has 2 amide bonds. The number of alkyl carbamates (subject to hydrolysis) is 1. The van der Waals surface area contributed by atoms with E-state index in [1.807, 2.05) is 96.1 Å². The van der Waals surface area contributed by atoms with Gasteiger partial charge in [-0.15, -0.1) is 0 Å². The molecular weight excluding hydrogens is 580 g/mol. The molecule has 0 bridgehead atoms. The summed E-state index contributed by atoms with van der Waals surface area (Å²) in [5.74, 6) is 0.739. The minimum absolute atomic E-state index is 0.00612. The SMILES string of the molecule is Cc1ccc(NC(=O)[C@H](Cc2cccc(-c3cnc(N(C)C)nc3)c2)N[C@H](O)C2CCC(CNC(=O)OC(C)(C)C)CC2)cc1C. The van der Waals surface area contributed by atoms with Crippen molar-refractivity contribution in [2.45, 2.75) is 84.6 Å². The van der Waals surface area contributed by atoms with Gasteiger partial charge in [-0.1, -0.05) is 30.3 Å².